The van der Waals surface area contributed by atoms with Crippen molar-refractivity contribution in [2.24, 2.45) is 0 Å². The molecule has 5 nitrogen and oxygen atoms in total. The zero-order valence-corrected chi connectivity index (χ0v) is 19.6. The highest BCUT2D eigenvalue weighted by atomic mass is 79.9. The summed E-state index contributed by atoms with van der Waals surface area (Å²) in [6, 6.07) is 23.6. The minimum absolute atomic E-state index is 0.0161. The summed E-state index contributed by atoms with van der Waals surface area (Å²) in [4.78, 5) is 29.7. The minimum atomic E-state index is -0.469. The lowest BCUT2D eigenvalue weighted by atomic mass is 10.0. The summed E-state index contributed by atoms with van der Waals surface area (Å²) in [5, 5.41) is 0.113. The molecule has 1 fully saturated rings. The Morgan fingerprint density at radius 2 is 1.41 bits per heavy atom. The smallest absolute Gasteiger partial charge is 0.270 e. The highest BCUT2D eigenvalue weighted by Gasteiger charge is 2.41. The van der Waals surface area contributed by atoms with Gasteiger partial charge in [-0.3, -0.25) is 19.4 Å². The van der Waals surface area contributed by atoms with E-state index in [1.54, 1.807) is 42.5 Å². The van der Waals surface area contributed by atoms with Gasteiger partial charge in [0.25, 0.3) is 11.8 Å². The monoisotopic (exact) mass is 506 g/mol. The molecular formula is C25H19BrN2O3S. The van der Waals surface area contributed by atoms with Gasteiger partial charge in [0.15, 0.2) is 5.11 Å². The Morgan fingerprint density at radius 1 is 0.875 bits per heavy atom. The Morgan fingerprint density at radius 3 is 1.88 bits per heavy atom. The van der Waals surface area contributed by atoms with E-state index >= 15 is 0 Å². The summed E-state index contributed by atoms with van der Waals surface area (Å²) in [5.74, 6) is -0.249. The van der Waals surface area contributed by atoms with Crippen molar-refractivity contribution in [3.63, 3.8) is 0 Å². The molecule has 0 saturated carbocycles. The Bertz CT molecular complexity index is 1150. The maximum atomic E-state index is 13.5. The van der Waals surface area contributed by atoms with Gasteiger partial charge in [-0.25, -0.2) is 0 Å². The van der Waals surface area contributed by atoms with Gasteiger partial charge in [-0.2, -0.15) is 0 Å². The molecule has 160 valence electrons. The molecule has 1 aliphatic rings. The molecule has 0 aromatic heterocycles. The predicted molar refractivity (Wildman–Crippen MR) is 134 cm³/mol. The Hall–Kier alpha value is -3.29. The standard InChI is InChI=1S/C25H19BrN2O3S/c1-2-31-22-14-13-17(16-21(22)26)15-20-23(29)27(18-9-5-3-6-10-18)25(32)28(24(20)30)19-11-7-4-8-12-19/h3-16H,2H2,1H3. The molecule has 0 aliphatic carbocycles. The maximum Gasteiger partial charge on any atom is 0.270 e. The number of carbonyl (C=O) groups excluding carboxylic acids is 2. The number of ether oxygens (including phenoxy) is 1. The quantitative estimate of drug-likeness (QED) is 0.257. The van der Waals surface area contributed by atoms with E-state index in [0.717, 1.165) is 4.47 Å². The van der Waals surface area contributed by atoms with E-state index in [1.165, 1.54) is 9.80 Å². The van der Waals surface area contributed by atoms with Crippen molar-refractivity contribution in [3.8, 4) is 5.75 Å². The van der Waals surface area contributed by atoms with E-state index < -0.39 is 11.8 Å². The van der Waals surface area contributed by atoms with Crippen LogP contribution in [0.25, 0.3) is 6.08 Å². The summed E-state index contributed by atoms with van der Waals surface area (Å²) in [7, 11) is 0. The number of halogens is 1. The van der Waals surface area contributed by atoms with Gasteiger partial charge < -0.3 is 4.74 Å². The number of benzene rings is 3. The van der Waals surface area contributed by atoms with Crippen molar-refractivity contribution >= 4 is 62.5 Å². The van der Waals surface area contributed by atoms with E-state index in [4.69, 9.17) is 17.0 Å². The average Bonchev–Trinajstić information content (AvgIpc) is 2.80. The minimum Gasteiger partial charge on any atom is -0.493 e. The number of hydrogen-bond donors (Lipinski definition) is 0. The molecular weight excluding hydrogens is 488 g/mol. The first-order chi connectivity index (χ1) is 15.5. The molecule has 7 heteroatoms. The average molecular weight is 507 g/mol. The molecule has 0 N–H and O–H groups in total. The first-order valence-electron chi connectivity index (χ1n) is 9.98. The van der Waals surface area contributed by atoms with Gasteiger partial charge in [-0.1, -0.05) is 42.5 Å². The lowest BCUT2D eigenvalue weighted by Crippen LogP contribution is -2.56. The number of para-hydroxylation sites is 2. The third-order valence-electron chi connectivity index (χ3n) is 4.85. The SMILES string of the molecule is CCOc1ccc(C=C2C(=O)N(c3ccccc3)C(=S)N(c3ccccc3)C2=O)cc1Br. The van der Waals surface area contributed by atoms with Gasteiger partial charge in [-0.15, -0.1) is 0 Å². The summed E-state index contributed by atoms with van der Waals surface area (Å²) in [6.45, 7) is 2.44. The van der Waals surface area contributed by atoms with Crippen LogP contribution in [0.1, 0.15) is 12.5 Å². The lowest BCUT2D eigenvalue weighted by molar-refractivity contribution is -0.120. The van der Waals surface area contributed by atoms with Crippen molar-refractivity contribution in [1.82, 2.24) is 0 Å². The van der Waals surface area contributed by atoms with Gasteiger partial charge in [0.2, 0.25) is 0 Å². The Balaban J connectivity index is 1.82. The fraction of sp³-hybridized carbons (Fsp3) is 0.0800. The number of hydrogen-bond acceptors (Lipinski definition) is 4. The van der Waals surface area contributed by atoms with Crippen LogP contribution in [0.4, 0.5) is 11.4 Å². The molecule has 1 aliphatic heterocycles. The fourth-order valence-corrected chi connectivity index (χ4v) is 4.27. The molecule has 0 spiro atoms. The van der Waals surface area contributed by atoms with Crippen LogP contribution in [0.3, 0.4) is 0 Å². The van der Waals surface area contributed by atoms with Crippen molar-refractivity contribution in [2.45, 2.75) is 6.92 Å². The van der Waals surface area contributed by atoms with Crippen LogP contribution in [0, 0.1) is 0 Å². The van der Waals surface area contributed by atoms with E-state index in [0.29, 0.717) is 29.3 Å². The van der Waals surface area contributed by atoms with E-state index in [-0.39, 0.29) is 10.7 Å². The summed E-state index contributed by atoms with van der Waals surface area (Å²) in [6.07, 6.45) is 1.58. The van der Waals surface area contributed by atoms with Crippen LogP contribution in [0.5, 0.6) is 5.75 Å². The highest BCUT2D eigenvalue weighted by Crippen LogP contribution is 2.31. The number of nitrogens with zero attached hydrogens (tertiary/aromatic N) is 2. The summed E-state index contributed by atoms with van der Waals surface area (Å²) < 4.78 is 6.29. The molecule has 1 heterocycles. The second-order valence-electron chi connectivity index (χ2n) is 6.92. The number of anilines is 2. The van der Waals surface area contributed by atoms with E-state index in [2.05, 4.69) is 15.9 Å². The number of amides is 2. The molecule has 0 atom stereocenters. The van der Waals surface area contributed by atoms with E-state index in [1.807, 2.05) is 49.4 Å². The van der Waals surface area contributed by atoms with Crippen molar-refractivity contribution in [1.29, 1.82) is 0 Å². The Kier molecular flexibility index (Phi) is 6.48. The normalized spacial score (nSPS) is 14.1. The number of carbonyl (C=O) groups is 2. The van der Waals surface area contributed by atoms with Crippen molar-refractivity contribution in [2.75, 3.05) is 16.4 Å². The predicted octanol–water partition coefficient (Wildman–Crippen LogP) is 5.60. The third-order valence-corrected chi connectivity index (χ3v) is 5.83. The third kappa shape index (κ3) is 4.22. The van der Waals surface area contributed by atoms with Crippen LogP contribution >= 0.6 is 28.1 Å². The second kappa shape index (κ2) is 9.46. The van der Waals surface area contributed by atoms with Crippen molar-refractivity contribution < 1.29 is 14.3 Å². The van der Waals surface area contributed by atoms with Crippen LogP contribution in [-0.4, -0.2) is 23.5 Å². The van der Waals surface area contributed by atoms with Crippen molar-refractivity contribution in [3.05, 3.63) is 94.5 Å². The van der Waals surface area contributed by atoms with Crippen LogP contribution in [-0.2, 0) is 9.59 Å². The first-order valence-corrected chi connectivity index (χ1v) is 11.2. The zero-order valence-electron chi connectivity index (χ0n) is 17.2. The van der Waals surface area contributed by atoms with Crippen LogP contribution < -0.4 is 14.5 Å². The van der Waals surface area contributed by atoms with E-state index in [9.17, 15) is 9.59 Å². The van der Waals surface area contributed by atoms with Gasteiger partial charge in [0.05, 0.1) is 22.5 Å². The summed E-state index contributed by atoms with van der Waals surface area (Å²) in [5.41, 5.74) is 1.89. The molecule has 1 saturated heterocycles. The molecule has 0 bridgehead atoms. The molecule has 4 rings (SSSR count). The molecule has 3 aromatic rings. The maximum absolute atomic E-state index is 13.5. The zero-order chi connectivity index (χ0) is 22.7. The largest absolute Gasteiger partial charge is 0.493 e. The van der Waals surface area contributed by atoms with Crippen LogP contribution in [0.15, 0.2) is 88.9 Å². The summed E-state index contributed by atoms with van der Waals surface area (Å²) >= 11 is 9.09. The van der Waals surface area contributed by atoms with Gasteiger partial charge in [0.1, 0.15) is 11.3 Å². The molecule has 0 unspecified atom stereocenters. The number of rotatable bonds is 5. The Labute approximate surface area is 200 Å². The molecule has 2 amide bonds. The van der Waals surface area contributed by atoms with Gasteiger partial charge in [-0.05, 0) is 83.1 Å². The first kappa shape index (κ1) is 21.9. The molecule has 0 radical (unpaired) electrons. The van der Waals surface area contributed by atoms with Crippen LogP contribution in [0.2, 0.25) is 0 Å². The molecule has 32 heavy (non-hydrogen) atoms. The fourth-order valence-electron chi connectivity index (χ4n) is 3.39. The van der Waals surface area contributed by atoms with Gasteiger partial charge in [0, 0.05) is 0 Å². The topological polar surface area (TPSA) is 49.9 Å². The second-order valence-corrected chi connectivity index (χ2v) is 8.14. The molecule has 3 aromatic carbocycles. The number of thiocarbonyl (C=S) groups is 1. The van der Waals surface area contributed by atoms with Gasteiger partial charge >= 0.3 is 0 Å². The lowest BCUT2D eigenvalue weighted by Gasteiger charge is -2.36. The highest BCUT2D eigenvalue weighted by molar-refractivity contribution is 9.10.